The van der Waals surface area contributed by atoms with Gasteiger partial charge in [0.15, 0.2) is 17.5 Å². The summed E-state index contributed by atoms with van der Waals surface area (Å²) in [6, 6.07) is 3.16. The molecule has 102 valence electrons. The molecule has 0 aliphatic carbocycles. The van der Waals surface area contributed by atoms with Crippen LogP contribution in [0.4, 0.5) is 20.3 Å². The van der Waals surface area contributed by atoms with Gasteiger partial charge < -0.3 is 5.73 Å². The Balaban J connectivity index is 2.42. The van der Waals surface area contributed by atoms with Gasteiger partial charge in [0, 0.05) is 13.2 Å². The highest BCUT2D eigenvalue weighted by Gasteiger charge is 2.22. The van der Waals surface area contributed by atoms with Gasteiger partial charge in [-0.25, -0.2) is 17.2 Å². The van der Waals surface area contributed by atoms with E-state index in [9.17, 15) is 17.2 Å². The Labute approximate surface area is 107 Å². The van der Waals surface area contributed by atoms with Crippen LogP contribution < -0.4 is 10.5 Å². The van der Waals surface area contributed by atoms with Crippen molar-refractivity contribution < 1.29 is 17.2 Å². The van der Waals surface area contributed by atoms with E-state index in [1.54, 1.807) is 0 Å². The third-order valence-electron chi connectivity index (χ3n) is 2.31. The van der Waals surface area contributed by atoms with Crippen LogP contribution in [0.2, 0.25) is 0 Å². The van der Waals surface area contributed by atoms with Crippen LogP contribution in [0.1, 0.15) is 0 Å². The lowest BCUT2D eigenvalue weighted by Gasteiger charge is -2.07. The quantitative estimate of drug-likeness (QED) is 0.884. The van der Waals surface area contributed by atoms with Gasteiger partial charge in [-0.1, -0.05) is 6.07 Å². The normalized spacial score (nSPS) is 11.5. The molecule has 0 saturated heterocycles. The third-order valence-corrected chi connectivity index (χ3v) is 3.69. The fraction of sp³-hybridized carbons (Fsp3) is 0.100. The molecule has 3 N–H and O–H groups in total. The van der Waals surface area contributed by atoms with Gasteiger partial charge in [0.1, 0.15) is 4.90 Å². The van der Waals surface area contributed by atoms with E-state index in [0.29, 0.717) is 0 Å². The Morgan fingerprint density at radius 2 is 2.05 bits per heavy atom. The number of nitrogens with zero attached hydrogens (tertiary/aromatic N) is 2. The molecule has 0 aliphatic heterocycles. The van der Waals surface area contributed by atoms with Gasteiger partial charge in [0.25, 0.3) is 10.0 Å². The molecule has 2 aromatic rings. The summed E-state index contributed by atoms with van der Waals surface area (Å²) in [7, 11) is -2.64. The van der Waals surface area contributed by atoms with Crippen LogP contribution in [0.5, 0.6) is 0 Å². The molecule has 0 saturated carbocycles. The molecular formula is C10H10F2N4O2S. The number of sulfonamides is 1. The second kappa shape index (κ2) is 4.50. The van der Waals surface area contributed by atoms with E-state index >= 15 is 0 Å². The summed E-state index contributed by atoms with van der Waals surface area (Å²) in [6.07, 6.45) is 1.16. The lowest BCUT2D eigenvalue weighted by molar-refractivity contribution is 0.511. The van der Waals surface area contributed by atoms with E-state index in [1.165, 1.54) is 17.8 Å². The molecule has 1 heterocycles. The van der Waals surface area contributed by atoms with Gasteiger partial charge >= 0.3 is 0 Å². The molecule has 0 bridgehead atoms. The van der Waals surface area contributed by atoms with Crippen LogP contribution in [0.25, 0.3) is 0 Å². The Morgan fingerprint density at radius 3 is 2.63 bits per heavy atom. The number of rotatable bonds is 3. The van der Waals surface area contributed by atoms with Crippen molar-refractivity contribution in [2.45, 2.75) is 4.90 Å². The summed E-state index contributed by atoms with van der Waals surface area (Å²) in [5, 5.41) is 3.67. The number of nitrogens with one attached hydrogen (secondary N) is 1. The molecule has 19 heavy (non-hydrogen) atoms. The van der Waals surface area contributed by atoms with Gasteiger partial charge in [0.2, 0.25) is 0 Å². The molecule has 9 heteroatoms. The first-order chi connectivity index (χ1) is 8.81. The number of aromatic nitrogens is 2. The second-order valence-electron chi connectivity index (χ2n) is 3.76. The maximum Gasteiger partial charge on any atom is 0.267 e. The number of hydrogen-bond donors (Lipinski definition) is 2. The van der Waals surface area contributed by atoms with Gasteiger partial charge in [-0.2, -0.15) is 5.10 Å². The van der Waals surface area contributed by atoms with Crippen molar-refractivity contribution >= 4 is 21.5 Å². The second-order valence-corrected chi connectivity index (χ2v) is 5.41. The maximum atomic E-state index is 13.4. The molecule has 1 aromatic carbocycles. The van der Waals surface area contributed by atoms with Gasteiger partial charge in [-0.15, -0.1) is 0 Å². The van der Waals surface area contributed by atoms with Crippen molar-refractivity contribution in [1.82, 2.24) is 9.78 Å². The van der Waals surface area contributed by atoms with Crippen LogP contribution in [0.3, 0.4) is 0 Å². The summed E-state index contributed by atoms with van der Waals surface area (Å²) in [6.45, 7) is 0. The number of halogens is 2. The monoisotopic (exact) mass is 288 g/mol. The van der Waals surface area contributed by atoms with Gasteiger partial charge in [0.05, 0.1) is 5.69 Å². The average molecular weight is 288 g/mol. The van der Waals surface area contributed by atoms with E-state index in [4.69, 9.17) is 5.73 Å². The van der Waals surface area contributed by atoms with Crippen molar-refractivity contribution in [3.05, 3.63) is 36.0 Å². The molecular weight excluding hydrogens is 278 g/mol. The van der Waals surface area contributed by atoms with E-state index < -0.39 is 27.3 Å². The van der Waals surface area contributed by atoms with Gasteiger partial charge in [-0.05, 0) is 12.1 Å². The molecule has 6 nitrogen and oxygen atoms in total. The third kappa shape index (κ3) is 2.50. The minimum Gasteiger partial charge on any atom is -0.381 e. The fourth-order valence-electron chi connectivity index (χ4n) is 1.47. The number of aryl methyl sites for hydroxylation is 1. The Kier molecular flexibility index (Phi) is 3.14. The summed E-state index contributed by atoms with van der Waals surface area (Å²) in [4.78, 5) is -0.307. The summed E-state index contributed by atoms with van der Waals surface area (Å²) >= 11 is 0. The SMILES string of the molecule is Cn1cc(S(=O)(=O)Nc2cccc(F)c2F)c(N)n1. The lowest BCUT2D eigenvalue weighted by Crippen LogP contribution is -2.15. The average Bonchev–Trinajstić information content (AvgIpc) is 2.65. The lowest BCUT2D eigenvalue weighted by atomic mass is 10.3. The van der Waals surface area contributed by atoms with Crippen LogP contribution in [0, 0.1) is 11.6 Å². The molecule has 0 radical (unpaired) electrons. The summed E-state index contributed by atoms with van der Waals surface area (Å²) in [5.41, 5.74) is 4.93. The van der Waals surface area contributed by atoms with Crippen molar-refractivity contribution in [2.75, 3.05) is 10.5 Å². The van der Waals surface area contributed by atoms with E-state index in [-0.39, 0.29) is 10.7 Å². The van der Waals surface area contributed by atoms with Crippen LogP contribution >= 0.6 is 0 Å². The summed E-state index contributed by atoms with van der Waals surface area (Å²) in [5.74, 6) is -2.67. The minimum absolute atomic E-state index is 0.230. The molecule has 0 atom stereocenters. The smallest absolute Gasteiger partial charge is 0.267 e. The largest absolute Gasteiger partial charge is 0.381 e. The van der Waals surface area contributed by atoms with Crippen LogP contribution in [-0.4, -0.2) is 18.2 Å². The molecule has 2 rings (SSSR count). The predicted molar refractivity (Wildman–Crippen MR) is 64.8 cm³/mol. The standard InChI is InChI=1S/C10H10F2N4O2S/c1-16-5-8(10(13)14-16)19(17,18)15-7-4-2-3-6(11)9(7)12/h2-5,15H,1H3,(H2,13,14). The zero-order chi connectivity index (χ0) is 14.2. The van der Waals surface area contributed by atoms with E-state index in [0.717, 1.165) is 18.3 Å². The van der Waals surface area contributed by atoms with E-state index in [2.05, 4.69) is 5.10 Å². The predicted octanol–water partition coefficient (Wildman–Crippen LogP) is 1.08. The highest BCUT2D eigenvalue weighted by molar-refractivity contribution is 7.92. The molecule has 1 aromatic heterocycles. The van der Waals surface area contributed by atoms with Crippen molar-refractivity contribution in [2.24, 2.45) is 7.05 Å². The number of anilines is 2. The Morgan fingerprint density at radius 1 is 1.37 bits per heavy atom. The number of nitrogens with two attached hydrogens (primary N) is 1. The highest BCUT2D eigenvalue weighted by atomic mass is 32.2. The first kappa shape index (κ1) is 13.3. The highest BCUT2D eigenvalue weighted by Crippen LogP contribution is 2.23. The maximum absolute atomic E-state index is 13.4. The Hall–Kier alpha value is -2.16. The van der Waals surface area contributed by atoms with E-state index in [1.807, 2.05) is 4.72 Å². The van der Waals surface area contributed by atoms with Gasteiger partial charge in [-0.3, -0.25) is 9.40 Å². The minimum atomic E-state index is -4.13. The van der Waals surface area contributed by atoms with Crippen LogP contribution in [-0.2, 0) is 17.1 Å². The molecule has 0 amide bonds. The zero-order valence-electron chi connectivity index (χ0n) is 9.76. The number of hydrogen-bond acceptors (Lipinski definition) is 4. The van der Waals surface area contributed by atoms with Crippen molar-refractivity contribution in [3.8, 4) is 0 Å². The topological polar surface area (TPSA) is 90.0 Å². The molecule has 0 spiro atoms. The Bertz CT molecular complexity index is 727. The molecule has 0 aliphatic rings. The number of nitrogen functional groups attached to an aromatic ring is 1. The first-order valence-electron chi connectivity index (χ1n) is 5.07. The number of benzene rings is 1. The first-order valence-corrected chi connectivity index (χ1v) is 6.55. The van der Waals surface area contributed by atoms with Crippen molar-refractivity contribution in [3.63, 3.8) is 0 Å². The fourth-order valence-corrected chi connectivity index (χ4v) is 2.64. The molecule has 0 fully saturated rings. The zero-order valence-corrected chi connectivity index (χ0v) is 10.6. The van der Waals surface area contributed by atoms with Crippen LogP contribution in [0.15, 0.2) is 29.3 Å². The molecule has 0 unspecified atom stereocenters. The van der Waals surface area contributed by atoms with Crippen molar-refractivity contribution in [1.29, 1.82) is 0 Å². The summed E-state index contributed by atoms with van der Waals surface area (Å²) < 4.78 is 53.4.